The fourth-order valence-electron chi connectivity index (χ4n) is 2.95. The van der Waals surface area contributed by atoms with E-state index in [9.17, 15) is 9.18 Å². The predicted molar refractivity (Wildman–Crippen MR) is 101 cm³/mol. The van der Waals surface area contributed by atoms with Crippen molar-refractivity contribution >= 4 is 22.4 Å². The number of H-pyrrole nitrogens is 1. The van der Waals surface area contributed by atoms with Crippen molar-refractivity contribution in [1.29, 1.82) is 0 Å². The molecular weight excluding hydrogens is 329 g/mol. The number of hydrogen-bond acceptors (Lipinski definition) is 2. The molecular formula is C21H16FN3O. The zero-order valence-corrected chi connectivity index (χ0v) is 14.1. The van der Waals surface area contributed by atoms with E-state index in [1.165, 1.54) is 6.07 Å². The summed E-state index contributed by atoms with van der Waals surface area (Å²) in [6.45, 7) is 1.84. The zero-order chi connectivity index (χ0) is 18.1. The van der Waals surface area contributed by atoms with Crippen LogP contribution < -0.4 is 5.32 Å². The van der Waals surface area contributed by atoms with Gasteiger partial charge in [-0.3, -0.25) is 9.89 Å². The first kappa shape index (κ1) is 16.0. The number of aromatic nitrogens is 2. The van der Waals surface area contributed by atoms with Crippen molar-refractivity contribution in [3.63, 3.8) is 0 Å². The number of halogens is 1. The molecule has 0 fully saturated rings. The van der Waals surface area contributed by atoms with Crippen molar-refractivity contribution in [3.05, 3.63) is 83.8 Å². The first-order valence-electron chi connectivity index (χ1n) is 8.23. The van der Waals surface area contributed by atoms with Crippen molar-refractivity contribution in [2.75, 3.05) is 5.32 Å². The Hall–Kier alpha value is -3.47. The largest absolute Gasteiger partial charge is 0.318 e. The number of amides is 1. The fraction of sp³-hybridized carbons (Fsp3) is 0.0476. The maximum atomic E-state index is 13.8. The molecule has 3 aromatic carbocycles. The number of nitrogens with one attached hydrogen (secondary N) is 2. The molecule has 1 heterocycles. The number of anilines is 1. The second-order valence-corrected chi connectivity index (χ2v) is 6.13. The average molecular weight is 345 g/mol. The molecule has 4 rings (SSSR count). The van der Waals surface area contributed by atoms with Crippen LogP contribution in [0.5, 0.6) is 0 Å². The molecule has 4 nitrogen and oxygen atoms in total. The van der Waals surface area contributed by atoms with Gasteiger partial charge < -0.3 is 5.32 Å². The lowest BCUT2D eigenvalue weighted by Crippen LogP contribution is -2.13. The van der Waals surface area contributed by atoms with Crippen LogP contribution in [0.2, 0.25) is 0 Å². The van der Waals surface area contributed by atoms with Gasteiger partial charge in [-0.1, -0.05) is 48.5 Å². The van der Waals surface area contributed by atoms with Gasteiger partial charge in [-0.05, 0) is 41.5 Å². The van der Waals surface area contributed by atoms with Gasteiger partial charge >= 0.3 is 0 Å². The van der Waals surface area contributed by atoms with E-state index in [4.69, 9.17) is 0 Å². The number of carbonyl (C=O) groups is 1. The Morgan fingerprint density at radius 3 is 2.73 bits per heavy atom. The quantitative estimate of drug-likeness (QED) is 0.553. The summed E-state index contributed by atoms with van der Waals surface area (Å²) in [5.74, 6) is -0.911. The van der Waals surface area contributed by atoms with Gasteiger partial charge in [0.2, 0.25) is 0 Å². The first-order chi connectivity index (χ1) is 12.6. The van der Waals surface area contributed by atoms with Crippen LogP contribution >= 0.6 is 0 Å². The smallest absolute Gasteiger partial charge is 0.273 e. The molecule has 0 aliphatic heterocycles. The second-order valence-electron chi connectivity index (χ2n) is 6.13. The fourth-order valence-corrected chi connectivity index (χ4v) is 2.95. The molecule has 2 N–H and O–H groups in total. The van der Waals surface area contributed by atoms with Crippen molar-refractivity contribution in [2.45, 2.75) is 6.92 Å². The van der Waals surface area contributed by atoms with Gasteiger partial charge in [-0.25, -0.2) is 4.39 Å². The Kier molecular flexibility index (Phi) is 3.97. The Bertz CT molecular complexity index is 1110. The molecule has 0 atom stereocenters. The molecule has 128 valence electrons. The van der Waals surface area contributed by atoms with Gasteiger partial charge in [0.25, 0.3) is 5.91 Å². The van der Waals surface area contributed by atoms with Gasteiger partial charge in [-0.15, -0.1) is 0 Å². The topological polar surface area (TPSA) is 57.8 Å². The molecule has 1 amide bonds. The Balaban J connectivity index is 1.65. The van der Waals surface area contributed by atoms with Gasteiger partial charge in [0.15, 0.2) is 0 Å². The lowest BCUT2D eigenvalue weighted by atomic mass is 10.0. The minimum absolute atomic E-state index is 0.149. The molecule has 0 bridgehead atoms. The van der Waals surface area contributed by atoms with E-state index in [0.717, 1.165) is 21.9 Å². The highest BCUT2D eigenvalue weighted by Crippen LogP contribution is 2.27. The summed E-state index contributed by atoms with van der Waals surface area (Å²) < 4.78 is 13.8. The Morgan fingerprint density at radius 2 is 1.85 bits per heavy atom. The normalized spacial score (nSPS) is 10.8. The van der Waals surface area contributed by atoms with Crippen LogP contribution in [0.15, 0.2) is 66.7 Å². The van der Waals surface area contributed by atoms with Crippen molar-refractivity contribution in [2.24, 2.45) is 0 Å². The molecule has 4 aromatic rings. The number of carbonyl (C=O) groups excluding carboxylic acids is 1. The molecule has 5 heteroatoms. The van der Waals surface area contributed by atoms with Crippen LogP contribution in [0.1, 0.15) is 16.1 Å². The Labute approximate surface area is 149 Å². The van der Waals surface area contributed by atoms with E-state index in [1.54, 1.807) is 18.2 Å². The summed E-state index contributed by atoms with van der Waals surface area (Å²) in [6, 6.07) is 20.2. The first-order valence-corrected chi connectivity index (χ1v) is 8.23. The predicted octanol–water partition coefficient (Wildman–Crippen LogP) is 4.93. The summed E-state index contributed by atoms with van der Waals surface area (Å²) in [6.07, 6.45) is 0. The summed E-state index contributed by atoms with van der Waals surface area (Å²) in [7, 11) is 0. The number of fused-ring (bicyclic) bond motifs is 1. The number of aromatic amines is 1. The van der Waals surface area contributed by atoms with Crippen LogP contribution in [0.4, 0.5) is 10.1 Å². The molecule has 0 spiro atoms. The molecule has 0 saturated heterocycles. The lowest BCUT2D eigenvalue weighted by molar-refractivity contribution is 0.102. The third-order valence-corrected chi connectivity index (χ3v) is 4.26. The SMILES string of the molecule is Cc1ccc(F)c(NC(=O)c2cc(-c3cccc4ccccc34)n[nH]2)c1. The minimum atomic E-state index is -0.474. The molecule has 0 unspecified atom stereocenters. The highest BCUT2D eigenvalue weighted by atomic mass is 19.1. The molecule has 26 heavy (non-hydrogen) atoms. The van der Waals surface area contributed by atoms with Crippen LogP contribution in [0.25, 0.3) is 22.0 Å². The Morgan fingerprint density at radius 1 is 1.04 bits per heavy atom. The van der Waals surface area contributed by atoms with Gasteiger partial charge in [0, 0.05) is 5.56 Å². The average Bonchev–Trinajstić information content (AvgIpc) is 3.14. The number of benzene rings is 3. The van der Waals surface area contributed by atoms with E-state index < -0.39 is 11.7 Å². The lowest BCUT2D eigenvalue weighted by Gasteiger charge is -2.05. The van der Waals surface area contributed by atoms with Crippen LogP contribution in [0.3, 0.4) is 0 Å². The van der Waals surface area contributed by atoms with Crippen molar-refractivity contribution in [3.8, 4) is 11.3 Å². The summed E-state index contributed by atoms with van der Waals surface area (Å²) in [4.78, 5) is 12.4. The van der Waals surface area contributed by atoms with Crippen LogP contribution in [0, 0.1) is 12.7 Å². The number of nitrogens with zero attached hydrogens (tertiary/aromatic N) is 1. The monoisotopic (exact) mass is 345 g/mol. The van der Waals surface area contributed by atoms with E-state index in [1.807, 2.05) is 49.4 Å². The number of rotatable bonds is 3. The second kappa shape index (κ2) is 6.44. The van der Waals surface area contributed by atoms with Crippen molar-refractivity contribution in [1.82, 2.24) is 10.2 Å². The maximum absolute atomic E-state index is 13.8. The maximum Gasteiger partial charge on any atom is 0.273 e. The summed E-state index contributed by atoms with van der Waals surface area (Å²) in [5, 5.41) is 11.7. The van der Waals surface area contributed by atoms with E-state index in [0.29, 0.717) is 5.69 Å². The number of aryl methyl sites for hydroxylation is 1. The number of hydrogen-bond donors (Lipinski definition) is 2. The summed E-state index contributed by atoms with van der Waals surface area (Å²) in [5.41, 5.74) is 2.88. The molecule has 0 saturated carbocycles. The highest BCUT2D eigenvalue weighted by Gasteiger charge is 2.14. The van der Waals surface area contributed by atoms with E-state index in [2.05, 4.69) is 15.5 Å². The van der Waals surface area contributed by atoms with E-state index >= 15 is 0 Å². The van der Waals surface area contributed by atoms with Gasteiger partial charge in [0.1, 0.15) is 11.5 Å². The van der Waals surface area contributed by atoms with Crippen LogP contribution in [-0.2, 0) is 0 Å². The highest BCUT2D eigenvalue weighted by molar-refractivity contribution is 6.04. The van der Waals surface area contributed by atoms with Crippen molar-refractivity contribution < 1.29 is 9.18 Å². The third kappa shape index (κ3) is 2.95. The van der Waals surface area contributed by atoms with Gasteiger partial charge in [-0.2, -0.15) is 5.10 Å². The van der Waals surface area contributed by atoms with Gasteiger partial charge in [0.05, 0.1) is 11.4 Å². The zero-order valence-electron chi connectivity index (χ0n) is 14.1. The minimum Gasteiger partial charge on any atom is -0.318 e. The van der Waals surface area contributed by atoms with Crippen LogP contribution in [-0.4, -0.2) is 16.1 Å². The van der Waals surface area contributed by atoms with E-state index in [-0.39, 0.29) is 11.4 Å². The molecule has 0 aliphatic rings. The molecule has 0 aliphatic carbocycles. The third-order valence-electron chi connectivity index (χ3n) is 4.26. The molecule has 0 radical (unpaired) electrons. The standard InChI is InChI=1S/C21H16FN3O/c1-13-9-10-17(22)19(11-13)23-21(26)20-12-18(24-25-20)16-8-4-6-14-5-2-3-7-15(14)16/h2-12H,1H3,(H,23,26)(H,24,25). The molecule has 1 aromatic heterocycles. The summed E-state index contributed by atoms with van der Waals surface area (Å²) >= 11 is 0.